The van der Waals surface area contributed by atoms with Gasteiger partial charge in [0.25, 0.3) is 5.56 Å². The molecule has 0 aliphatic heterocycles. The largest absolute Gasteiger partial charge is 0.480 e. The maximum atomic E-state index is 12.0. The van der Waals surface area contributed by atoms with Gasteiger partial charge in [0.15, 0.2) is 0 Å². The minimum Gasteiger partial charge on any atom is -0.480 e. The Bertz CT molecular complexity index is 616. The maximum absolute atomic E-state index is 12.0. The Labute approximate surface area is 107 Å². The lowest BCUT2D eigenvalue weighted by Crippen LogP contribution is -2.13. The van der Waals surface area contributed by atoms with Crippen LogP contribution in [0.5, 0.6) is 5.88 Å². The summed E-state index contributed by atoms with van der Waals surface area (Å²) < 4.78 is 7.25. The number of rotatable bonds is 2. The van der Waals surface area contributed by atoms with Gasteiger partial charge in [-0.2, -0.15) is 0 Å². The van der Waals surface area contributed by atoms with Gasteiger partial charge in [0.2, 0.25) is 5.88 Å². The van der Waals surface area contributed by atoms with Crippen molar-refractivity contribution in [2.24, 2.45) is 7.05 Å². The zero-order chi connectivity index (χ0) is 12.6. The molecule has 2 aromatic heterocycles. The van der Waals surface area contributed by atoms with E-state index in [0.29, 0.717) is 15.9 Å². The van der Waals surface area contributed by atoms with Crippen LogP contribution >= 0.6 is 15.9 Å². The fourth-order valence-corrected chi connectivity index (χ4v) is 2.36. The Kier molecular flexibility index (Phi) is 3.06. The van der Waals surface area contributed by atoms with Crippen molar-refractivity contribution in [1.82, 2.24) is 14.8 Å². The first-order valence-electron chi connectivity index (χ1n) is 5.00. The van der Waals surface area contributed by atoms with Gasteiger partial charge >= 0.3 is 0 Å². The zero-order valence-corrected chi connectivity index (χ0v) is 11.3. The quantitative estimate of drug-likeness (QED) is 0.920. The van der Waals surface area contributed by atoms with E-state index in [2.05, 4.69) is 26.0 Å². The van der Waals surface area contributed by atoms with Crippen molar-refractivity contribution < 1.29 is 4.74 Å². The van der Waals surface area contributed by atoms with Gasteiger partial charge in [0, 0.05) is 24.5 Å². The molecule has 17 heavy (non-hydrogen) atoms. The number of ether oxygens (including phenoxy) is 1. The summed E-state index contributed by atoms with van der Waals surface area (Å²) in [5.74, 6) is 0.463. The Hall–Kier alpha value is -1.56. The van der Waals surface area contributed by atoms with E-state index >= 15 is 0 Å². The molecule has 0 aromatic carbocycles. The van der Waals surface area contributed by atoms with E-state index in [1.165, 1.54) is 4.68 Å². The summed E-state index contributed by atoms with van der Waals surface area (Å²) in [6.07, 6.45) is 1.62. The van der Waals surface area contributed by atoms with Crippen LogP contribution in [0.4, 0.5) is 0 Å². The number of aromatic nitrogens is 3. The maximum Gasteiger partial charge on any atom is 0.274 e. The van der Waals surface area contributed by atoms with E-state index < -0.39 is 0 Å². The lowest BCUT2D eigenvalue weighted by Gasteiger charge is -2.06. The average molecular weight is 298 g/mol. The van der Waals surface area contributed by atoms with Crippen molar-refractivity contribution in [1.29, 1.82) is 0 Å². The second kappa shape index (κ2) is 4.37. The smallest absolute Gasteiger partial charge is 0.274 e. The number of H-pyrrole nitrogens is 1. The van der Waals surface area contributed by atoms with Crippen LogP contribution in [0.2, 0.25) is 0 Å². The van der Waals surface area contributed by atoms with Gasteiger partial charge in [0.05, 0.1) is 17.1 Å². The highest BCUT2D eigenvalue weighted by molar-refractivity contribution is 9.10. The molecular formula is C11H12BrN3O2. The number of hydrogen-bond donors (Lipinski definition) is 1. The highest BCUT2D eigenvalue weighted by Gasteiger charge is 2.16. The van der Waals surface area contributed by atoms with Crippen molar-refractivity contribution in [3.63, 3.8) is 0 Å². The summed E-state index contributed by atoms with van der Waals surface area (Å²) in [4.78, 5) is 16.1. The van der Waals surface area contributed by atoms with E-state index in [4.69, 9.17) is 4.74 Å². The molecule has 0 atom stereocenters. The van der Waals surface area contributed by atoms with Gasteiger partial charge in [-0.15, -0.1) is 0 Å². The van der Waals surface area contributed by atoms with Crippen LogP contribution in [0.1, 0.15) is 5.69 Å². The van der Waals surface area contributed by atoms with Crippen LogP contribution in [0.25, 0.3) is 11.1 Å². The first-order valence-corrected chi connectivity index (χ1v) is 5.80. The fourth-order valence-electron chi connectivity index (χ4n) is 1.76. The number of halogens is 1. The third-order valence-corrected chi connectivity index (χ3v) is 3.32. The minimum atomic E-state index is -0.0727. The van der Waals surface area contributed by atoms with Gasteiger partial charge in [-0.1, -0.05) is 0 Å². The van der Waals surface area contributed by atoms with E-state index in [1.807, 2.05) is 6.92 Å². The molecule has 0 radical (unpaired) electrons. The lowest BCUT2D eigenvalue weighted by atomic mass is 10.1. The van der Waals surface area contributed by atoms with Crippen molar-refractivity contribution in [2.45, 2.75) is 6.92 Å². The number of hydrogen-bond acceptors (Lipinski definition) is 3. The summed E-state index contributed by atoms with van der Waals surface area (Å²) in [7, 11) is 3.23. The molecule has 0 spiro atoms. The van der Waals surface area contributed by atoms with Gasteiger partial charge in [0.1, 0.15) is 0 Å². The number of nitrogens with one attached hydrogen (secondary N) is 1. The average Bonchev–Trinajstić information content (AvgIpc) is 2.54. The van der Waals surface area contributed by atoms with Gasteiger partial charge in [-0.05, 0) is 28.9 Å². The molecule has 2 rings (SSSR count). The number of methoxy groups -OCH3 is 1. The molecule has 2 heterocycles. The predicted octanol–water partition coefficient (Wildman–Crippen LogP) is 1.85. The van der Waals surface area contributed by atoms with E-state index in [1.54, 1.807) is 26.4 Å². The molecule has 0 bridgehead atoms. The Balaban J connectivity index is 2.73. The van der Waals surface area contributed by atoms with E-state index in [9.17, 15) is 4.79 Å². The molecule has 5 nitrogen and oxygen atoms in total. The monoisotopic (exact) mass is 297 g/mol. The molecule has 0 unspecified atom stereocenters. The van der Waals surface area contributed by atoms with Crippen LogP contribution in [-0.4, -0.2) is 21.9 Å². The molecule has 0 aliphatic rings. The Morgan fingerprint density at radius 2 is 2.24 bits per heavy atom. The topological polar surface area (TPSA) is 59.9 Å². The molecule has 1 N–H and O–H groups in total. The molecule has 0 aliphatic carbocycles. The van der Waals surface area contributed by atoms with Crippen LogP contribution in [0, 0.1) is 6.92 Å². The third-order valence-electron chi connectivity index (χ3n) is 2.55. The molecule has 0 saturated carbocycles. The van der Waals surface area contributed by atoms with Crippen molar-refractivity contribution >= 4 is 15.9 Å². The second-order valence-corrected chi connectivity index (χ2v) is 4.45. The normalized spacial score (nSPS) is 10.6. The first-order chi connectivity index (χ1) is 8.06. The van der Waals surface area contributed by atoms with Gasteiger partial charge in [-0.25, -0.2) is 4.98 Å². The number of nitrogens with zero attached hydrogens (tertiary/aromatic N) is 2. The minimum absolute atomic E-state index is 0.0727. The Morgan fingerprint density at radius 1 is 1.53 bits per heavy atom. The van der Waals surface area contributed by atoms with Crippen molar-refractivity contribution in [3.05, 3.63) is 32.8 Å². The molecule has 0 fully saturated rings. The van der Waals surface area contributed by atoms with Crippen molar-refractivity contribution in [3.8, 4) is 17.0 Å². The summed E-state index contributed by atoms with van der Waals surface area (Å²) in [5, 5.41) is 2.96. The standard InChI is InChI=1S/C11H12BrN3O2/c1-6-8(11(16)15(2)14-6)7-4-5-13-10(17-3)9(7)12/h4-5,14H,1-3H3. The van der Waals surface area contributed by atoms with Crippen LogP contribution < -0.4 is 10.3 Å². The molecule has 6 heteroatoms. The summed E-state index contributed by atoms with van der Waals surface area (Å²) in [6, 6.07) is 1.78. The second-order valence-electron chi connectivity index (χ2n) is 3.66. The molecule has 90 valence electrons. The number of pyridine rings is 1. The van der Waals surface area contributed by atoms with E-state index in [-0.39, 0.29) is 5.56 Å². The Morgan fingerprint density at radius 3 is 2.76 bits per heavy atom. The molecule has 2 aromatic rings. The summed E-state index contributed by atoms with van der Waals surface area (Å²) in [6.45, 7) is 1.86. The highest BCUT2D eigenvalue weighted by atomic mass is 79.9. The summed E-state index contributed by atoms with van der Waals surface area (Å²) in [5.41, 5.74) is 2.14. The fraction of sp³-hybridized carbons (Fsp3) is 0.273. The SMILES string of the molecule is COc1nccc(-c2c(C)[nH]n(C)c2=O)c1Br. The predicted molar refractivity (Wildman–Crippen MR) is 68.3 cm³/mol. The lowest BCUT2D eigenvalue weighted by molar-refractivity contribution is 0.395. The van der Waals surface area contributed by atoms with Gasteiger partial charge in [-0.3, -0.25) is 14.6 Å². The zero-order valence-electron chi connectivity index (χ0n) is 9.74. The molecule has 0 amide bonds. The van der Waals surface area contributed by atoms with Crippen LogP contribution in [0.15, 0.2) is 21.5 Å². The first kappa shape index (κ1) is 11.9. The summed E-state index contributed by atoms with van der Waals surface area (Å²) >= 11 is 3.41. The van der Waals surface area contributed by atoms with Crippen LogP contribution in [-0.2, 0) is 7.05 Å². The molecule has 0 saturated heterocycles. The van der Waals surface area contributed by atoms with E-state index in [0.717, 1.165) is 11.3 Å². The van der Waals surface area contributed by atoms with Gasteiger partial charge < -0.3 is 4.74 Å². The number of aryl methyl sites for hydroxylation is 2. The number of aromatic amines is 1. The van der Waals surface area contributed by atoms with Crippen LogP contribution in [0.3, 0.4) is 0 Å². The highest BCUT2D eigenvalue weighted by Crippen LogP contribution is 2.33. The van der Waals surface area contributed by atoms with Crippen molar-refractivity contribution in [2.75, 3.05) is 7.11 Å². The molecular weight excluding hydrogens is 286 g/mol. The third kappa shape index (κ3) is 1.88.